The van der Waals surface area contributed by atoms with Gasteiger partial charge in [-0.2, -0.15) is 0 Å². The average molecular weight is 381 g/mol. The number of fused-ring (bicyclic) bond motifs is 1. The summed E-state index contributed by atoms with van der Waals surface area (Å²) >= 11 is 0. The zero-order valence-electron chi connectivity index (χ0n) is 16.6. The van der Waals surface area contributed by atoms with Gasteiger partial charge in [0.2, 0.25) is 0 Å². The summed E-state index contributed by atoms with van der Waals surface area (Å²) in [5.41, 5.74) is 3.60. The summed E-state index contributed by atoms with van der Waals surface area (Å²) in [6.45, 7) is 4.59. The number of benzene rings is 2. The van der Waals surface area contributed by atoms with Crippen molar-refractivity contribution in [2.75, 3.05) is 51.8 Å². The summed E-state index contributed by atoms with van der Waals surface area (Å²) < 4.78 is 10.8. The molecular formula is C22H27N3O3. The number of hydrogen-bond acceptors (Lipinski definition) is 4. The van der Waals surface area contributed by atoms with E-state index in [1.54, 1.807) is 14.2 Å². The second-order valence-electron chi connectivity index (χ2n) is 7.24. The molecule has 6 heteroatoms. The molecule has 0 radical (unpaired) electrons. The summed E-state index contributed by atoms with van der Waals surface area (Å²) in [5.74, 6) is 1.46. The maximum atomic E-state index is 13.1. The fourth-order valence-corrected chi connectivity index (χ4v) is 4.04. The lowest BCUT2D eigenvalue weighted by atomic mass is 9.99. The molecule has 0 spiro atoms. The van der Waals surface area contributed by atoms with Gasteiger partial charge in [-0.25, -0.2) is 4.79 Å². The van der Waals surface area contributed by atoms with Crippen LogP contribution in [0.3, 0.4) is 0 Å². The van der Waals surface area contributed by atoms with E-state index < -0.39 is 0 Å². The molecule has 2 aliphatic rings. The van der Waals surface area contributed by atoms with Crippen molar-refractivity contribution in [3.05, 3.63) is 53.6 Å². The number of rotatable bonds is 3. The molecule has 0 aliphatic carbocycles. The highest BCUT2D eigenvalue weighted by Crippen LogP contribution is 2.33. The molecule has 0 unspecified atom stereocenters. The lowest BCUT2D eigenvalue weighted by Gasteiger charge is -2.39. The highest BCUT2D eigenvalue weighted by molar-refractivity contribution is 5.75. The molecule has 1 saturated heterocycles. The molecule has 0 N–H and O–H groups in total. The summed E-state index contributed by atoms with van der Waals surface area (Å²) in [5, 5.41) is 0. The molecule has 1 fully saturated rings. The van der Waals surface area contributed by atoms with E-state index in [0.29, 0.717) is 12.3 Å². The maximum absolute atomic E-state index is 13.1. The van der Waals surface area contributed by atoms with Crippen LogP contribution in [0.4, 0.5) is 10.5 Å². The topological polar surface area (TPSA) is 45.3 Å². The third-order valence-corrected chi connectivity index (χ3v) is 5.66. The van der Waals surface area contributed by atoms with Crippen molar-refractivity contribution < 1.29 is 14.3 Å². The number of anilines is 1. The number of methoxy groups -OCH3 is 2. The van der Waals surface area contributed by atoms with Crippen LogP contribution in [0.25, 0.3) is 0 Å². The normalized spacial score (nSPS) is 16.6. The van der Waals surface area contributed by atoms with E-state index in [2.05, 4.69) is 29.2 Å². The van der Waals surface area contributed by atoms with Crippen molar-refractivity contribution in [2.24, 2.45) is 0 Å². The summed E-state index contributed by atoms with van der Waals surface area (Å²) in [4.78, 5) is 19.3. The van der Waals surface area contributed by atoms with Gasteiger partial charge in [0.05, 0.1) is 14.2 Å². The minimum absolute atomic E-state index is 0.133. The maximum Gasteiger partial charge on any atom is 0.320 e. The standard InChI is InChI=1S/C22H27N3O3/c1-27-20-14-17-8-9-25(16-18(17)15-21(20)28-2)22(26)24-12-10-23(11-13-24)19-6-4-3-5-7-19/h3-7,14-15H,8-13,16H2,1-2H3. The predicted octanol–water partition coefficient (Wildman–Crippen LogP) is 3.00. The molecule has 2 aromatic rings. The average Bonchev–Trinajstić information content (AvgIpc) is 2.78. The molecule has 0 atom stereocenters. The smallest absolute Gasteiger partial charge is 0.320 e. The van der Waals surface area contributed by atoms with Crippen molar-refractivity contribution in [1.82, 2.24) is 9.80 Å². The van der Waals surface area contributed by atoms with Crippen molar-refractivity contribution in [3.63, 3.8) is 0 Å². The molecule has 28 heavy (non-hydrogen) atoms. The summed E-state index contributed by atoms with van der Waals surface area (Å²) in [7, 11) is 3.29. The third kappa shape index (κ3) is 3.59. The number of piperazine rings is 1. The molecule has 0 bridgehead atoms. The van der Waals surface area contributed by atoms with Gasteiger partial charge in [-0.05, 0) is 41.8 Å². The number of urea groups is 1. The molecular weight excluding hydrogens is 354 g/mol. The van der Waals surface area contributed by atoms with E-state index in [1.165, 1.54) is 11.3 Å². The Morgan fingerprint density at radius 3 is 2.11 bits per heavy atom. The number of carbonyl (C=O) groups excluding carboxylic acids is 1. The Bertz CT molecular complexity index is 832. The van der Waals surface area contributed by atoms with Crippen LogP contribution in [0, 0.1) is 0 Å². The SMILES string of the molecule is COc1cc2c(cc1OC)CN(C(=O)N1CCN(c3ccccc3)CC1)CC2. The molecule has 6 nitrogen and oxygen atoms in total. The van der Waals surface area contributed by atoms with E-state index in [9.17, 15) is 4.79 Å². The summed E-state index contributed by atoms with van der Waals surface area (Å²) in [6.07, 6.45) is 0.839. The van der Waals surface area contributed by atoms with Gasteiger partial charge in [-0.3, -0.25) is 0 Å². The summed E-state index contributed by atoms with van der Waals surface area (Å²) in [6, 6.07) is 14.6. The number of carbonyl (C=O) groups is 1. The van der Waals surface area contributed by atoms with Crippen molar-refractivity contribution in [2.45, 2.75) is 13.0 Å². The third-order valence-electron chi connectivity index (χ3n) is 5.66. The Labute approximate surface area is 166 Å². The Kier molecular flexibility index (Phi) is 5.28. The highest BCUT2D eigenvalue weighted by atomic mass is 16.5. The van der Waals surface area contributed by atoms with Crippen LogP contribution in [-0.4, -0.2) is 62.8 Å². The van der Waals surface area contributed by atoms with E-state index in [-0.39, 0.29) is 6.03 Å². The van der Waals surface area contributed by atoms with Crippen LogP contribution in [0.1, 0.15) is 11.1 Å². The Morgan fingerprint density at radius 1 is 0.821 bits per heavy atom. The lowest BCUT2D eigenvalue weighted by molar-refractivity contribution is 0.145. The fraction of sp³-hybridized carbons (Fsp3) is 0.409. The van der Waals surface area contributed by atoms with Gasteiger partial charge in [0.1, 0.15) is 0 Å². The predicted molar refractivity (Wildman–Crippen MR) is 109 cm³/mol. The molecule has 148 valence electrons. The van der Waals surface area contributed by atoms with Gasteiger partial charge in [-0.15, -0.1) is 0 Å². The second kappa shape index (κ2) is 8.00. The van der Waals surface area contributed by atoms with Crippen molar-refractivity contribution >= 4 is 11.7 Å². The number of hydrogen-bond donors (Lipinski definition) is 0. The van der Waals surface area contributed by atoms with Crippen LogP contribution < -0.4 is 14.4 Å². The van der Waals surface area contributed by atoms with Crippen molar-refractivity contribution in [1.29, 1.82) is 0 Å². The molecule has 2 aliphatic heterocycles. The number of ether oxygens (including phenoxy) is 2. The first kappa shape index (κ1) is 18.5. The molecule has 4 rings (SSSR count). The Hall–Kier alpha value is -2.89. The Balaban J connectivity index is 1.40. The first-order valence-corrected chi connectivity index (χ1v) is 9.77. The largest absolute Gasteiger partial charge is 0.493 e. The van der Waals surface area contributed by atoms with E-state index >= 15 is 0 Å². The zero-order valence-corrected chi connectivity index (χ0v) is 16.6. The van der Waals surface area contributed by atoms with Gasteiger partial charge in [0, 0.05) is 45.0 Å². The van der Waals surface area contributed by atoms with Gasteiger partial charge in [-0.1, -0.05) is 18.2 Å². The lowest BCUT2D eigenvalue weighted by Crippen LogP contribution is -2.53. The van der Waals surface area contributed by atoms with Crippen molar-refractivity contribution in [3.8, 4) is 11.5 Å². The van der Waals surface area contributed by atoms with Crippen LogP contribution in [0.2, 0.25) is 0 Å². The van der Waals surface area contributed by atoms with Gasteiger partial charge >= 0.3 is 6.03 Å². The van der Waals surface area contributed by atoms with Gasteiger partial charge in [0.15, 0.2) is 11.5 Å². The van der Waals surface area contributed by atoms with E-state index in [1.807, 2.05) is 28.0 Å². The Morgan fingerprint density at radius 2 is 1.46 bits per heavy atom. The zero-order chi connectivity index (χ0) is 19.5. The molecule has 0 aromatic heterocycles. The molecule has 2 aromatic carbocycles. The monoisotopic (exact) mass is 381 g/mol. The number of nitrogens with zero attached hydrogens (tertiary/aromatic N) is 3. The fourth-order valence-electron chi connectivity index (χ4n) is 4.04. The van der Waals surface area contributed by atoms with Gasteiger partial charge in [0.25, 0.3) is 0 Å². The second-order valence-corrected chi connectivity index (χ2v) is 7.24. The first-order valence-electron chi connectivity index (χ1n) is 9.77. The van der Waals surface area contributed by atoms with Crippen LogP contribution in [-0.2, 0) is 13.0 Å². The number of para-hydroxylation sites is 1. The molecule has 0 saturated carbocycles. The van der Waals surface area contributed by atoms with Crippen LogP contribution >= 0.6 is 0 Å². The van der Waals surface area contributed by atoms with Crippen LogP contribution in [0.5, 0.6) is 11.5 Å². The van der Waals surface area contributed by atoms with E-state index in [4.69, 9.17) is 9.47 Å². The minimum Gasteiger partial charge on any atom is -0.493 e. The van der Waals surface area contributed by atoms with E-state index in [0.717, 1.165) is 50.5 Å². The highest BCUT2D eigenvalue weighted by Gasteiger charge is 2.28. The molecule has 2 amide bonds. The van der Waals surface area contributed by atoms with Gasteiger partial charge < -0.3 is 24.2 Å². The minimum atomic E-state index is 0.133. The van der Waals surface area contributed by atoms with Crippen LogP contribution in [0.15, 0.2) is 42.5 Å². The quantitative estimate of drug-likeness (QED) is 0.820. The first-order chi connectivity index (χ1) is 13.7. The number of amides is 2. The molecule has 2 heterocycles.